The topological polar surface area (TPSA) is 116 Å². The second kappa shape index (κ2) is 7.36. The highest BCUT2D eigenvalue weighted by Crippen LogP contribution is 2.35. The van der Waals surface area contributed by atoms with Crippen LogP contribution < -0.4 is 10.6 Å². The maximum atomic E-state index is 10.4. The lowest BCUT2D eigenvalue weighted by atomic mass is 10.0. The Kier molecular flexibility index (Phi) is 4.75. The van der Waals surface area contributed by atoms with Gasteiger partial charge in [0.25, 0.3) is 0 Å². The Morgan fingerprint density at radius 1 is 1.00 bits per heavy atom. The fourth-order valence-electron chi connectivity index (χ4n) is 3.64. The number of hydrogen-bond donors (Lipinski definition) is 4. The van der Waals surface area contributed by atoms with Crippen molar-refractivity contribution in [2.24, 2.45) is 0 Å². The molecular formula is C21H22N4O3. The third kappa shape index (κ3) is 3.44. The third-order valence-corrected chi connectivity index (χ3v) is 5.09. The number of benzene rings is 2. The second-order valence-corrected chi connectivity index (χ2v) is 6.92. The first-order valence-corrected chi connectivity index (χ1v) is 9.20. The van der Waals surface area contributed by atoms with Crippen molar-refractivity contribution in [3.63, 3.8) is 0 Å². The van der Waals surface area contributed by atoms with E-state index in [1.54, 1.807) is 42.5 Å². The van der Waals surface area contributed by atoms with Gasteiger partial charge >= 0.3 is 0 Å². The number of aliphatic hydroxyl groups excluding tert-OH is 1. The van der Waals surface area contributed by atoms with Crippen molar-refractivity contribution in [3.05, 3.63) is 48.5 Å². The first-order chi connectivity index (χ1) is 13.5. The summed E-state index contributed by atoms with van der Waals surface area (Å²) in [6, 6.07) is 13.9. The number of phenolic OH excluding ortho intramolecular Hbond substituents is 2. The van der Waals surface area contributed by atoms with Gasteiger partial charge in [0.1, 0.15) is 17.3 Å². The minimum atomic E-state index is 0.0130. The number of aliphatic hydroxyl groups is 1. The minimum absolute atomic E-state index is 0.0130. The molecule has 2 aromatic carbocycles. The van der Waals surface area contributed by atoms with Crippen LogP contribution in [0.15, 0.2) is 48.5 Å². The maximum Gasteiger partial charge on any atom is 0.222 e. The summed E-state index contributed by atoms with van der Waals surface area (Å²) >= 11 is 0. The molecule has 2 heterocycles. The molecule has 4 rings (SSSR count). The van der Waals surface area contributed by atoms with Gasteiger partial charge in [-0.2, -0.15) is 4.98 Å². The van der Waals surface area contributed by atoms with Crippen LogP contribution in [-0.2, 0) is 0 Å². The zero-order valence-electron chi connectivity index (χ0n) is 15.3. The van der Waals surface area contributed by atoms with Gasteiger partial charge in [-0.3, -0.25) is 0 Å². The molecule has 1 aliphatic heterocycles. The summed E-state index contributed by atoms with van der Waals surface area (Å²) in [7, 11) is 0. The lowest BCUT2D eigenvalue weighted by Crippen LogP contribution is -2.33. The predicted molar refractivity (Wildman–Crippen MR) is 108 cm³/mol. The monoisotopic (exact) mass is 378 g/mol. The van der Waals surface area contributed by atoms with Crippen LogP contribution in [0.25, 0.3) is 22.4 Å². The van der Waals surface area contributed by atoms with Crippen LogP contribution >= 0.6 is 0 Å². The summed E-state index contributed by atoms with van der Waals surface area (Å²) in [6.07, 6.45) is 1.88. The molecule has 3 aromatic rings. The van der Waals surface area contributed by atoms with Gasteiger partial charge in [0.05, 0.1) is 18.3 Å². The smallest absolute Gasteiger partial charge is 0.222 e. The fourth-order valence-corrected chi connectivity index (χ4v) is 3.64. The molecule has 5 N–H and O–H groups in total. The molecule has 7 nitrogen and oxygen atoms in total. The van der Waals surface area contributed by atoms with Crippen LogP contribution in [0, 0.1) is 0 Å². The number of phenols is 2. The predicted octanol–water partition coefficient (Wildman–Crippen LogP) is 2.77. The van der Waals surface area contributed by atoms with E-state index in [4.69, 9.17) is 5.73 Å². The van der Waals surface area contributed by atoms with E-state index in [0.29, 0.717) is 17.1 Å². The average Bonchev–Trinajstić information content (AvgIpc) is 3.17. The first-order valence-electron chi connectivity index (χ1n) is 9.20. The van der Waals surface area contributed by atoms with E-state index >= 15 is 0 Å². The molecule has 0 amide bonds. The van der Waals surface area contributed by atoms with Crippen LogP contribution in [0.2, 0.25) is 0 Å². The van der Waals surface area contributed by atoms with Crippen molar-refractivity contribution in [2.75, 3.05) is 23.8 Å². The van der Waals surface area contributed by atoms with Gasteiger partial charge in [-0.25, -0.2) is 4.98 Å². The van der Waals surface area contributed by atoms with E-state index in [2.05, 4.69) is 9.97 Å². The Balaban J connectivity index is 1.76. The Bertz CT molecular complexity index is 991. The number of aromatic nitrogens is 2. The fraction of sp³-hybridized carbons (Fsp3) is 0.238. The van der Waals surface area contributed by atoms with Crippen molar-refractivity contribution in [1.29, 1.82) is 0 Å². The Morgan fingerprint density at radius 2 is 1.75 bits per heavy atom. The number of rotatable bonds is 4. The molecule has 0 radical (unpaired) electrons. The molecule has 28 heavy (non-hydrogen) atoms. The van der Waals surface area contributed by atoms with Crippen molar-refractivity contribution in [1.82, 2.24) is 9.97 Å². The van der Waals surface area contributed by atoms with E-state index in [0.717, 1.165) is 30.5 Å². The van der Waals surface area contributed by atoms with Crippen LogP contribution in [-0.4, -0.2) is 44.5 Å². The molecule has 0 spiro atoms. The lowest BCUT2D eigenvalue weighted by Gasteiger charge is -2.24. The summed E-state index contributed by atoms with van der Waals surface area (Å²) < 4.78 is 0. The normalized spacial score (nSPS) is 16.5. The summed E-state index contributed by atoms with van der Waals surface area (Å²) in [4.78, 5) is 10.7. The van der Waals surface area contributed by atoms with Gasteiger partial charge in [-0.15, -0.1) is 0 Å². The maximum absolute atomic E-state index is 10.4. The molecule has 1 fully saturated rings. The van der Waals surface area contributed by atoms with E-state index in [1.807, 2.05) is 11.0 Å². The summed E-state index contributed by atoms with van der Waals surface area (Å²) in [5.74, 6) is 1.05. The van der Waals surface area contributed by atoms with E-state index in [-0.39, 0.29) is 30.1 Å². The van der Waals surface area contributed by atoms with Crippen molar-refractivity contribution >= 4 is 11.8 Å². The van der Waals surface area contributed by atoms with E-state index in [1.165, 1.54) is 0 Å². The molecule has 0 bridgehead atoms. The summed E-state index contributed by atoms with van der Waals surface area (Å²) in [6.45, 7) is 0.849. The standard InChI is InChI=1S/C21H22N4O3/c22-21-23-18(11-20(24-21)25-9-1-2-15(25)12-26)17-10-14(5-8-19(17)28)13-3-6-16(27)7-4-13/h3-8,10-11,15,26-28H,1-2,9,12H2,(H2,22,23,24)/t15-/m0/s1. The quantitative estimate of drug-likeness (QED) is 0.552. The molecule has 0 unspecified atom stereocenters. The van der Waals surface area contributed by atoms with Gasteiger partial charge in [0, 0.05) is 18.2 Å². The molecule has 0 aliphatic carbocycles. The summed E-state index contributed by atoms with van der Waals surface area (Å²) in [5, 5.41) is 29.5. The Hall–Kier alpha value is -3.32. The summed E-state index contributed by atoms with van der Waals surface area (Å²) in [5.41, 5.74) is 8.79. The van der Waals surface area contributed by atoms with Gasteiger partial charge in [-0.05, 0) is 48.2 Å². The average molecular weight is 378 g/mol. The molecule has 1 aliphatic rings. The van der Waals surface area contributed by atoms with E-state index in [9.17, 15) is 15.3 Å². The van der Waals surface area contributed by atoms with Crippen LogP contribution in [0.3, 0.4) is 0 Å². The van der Waals surface area contributed by atoms with Crippen molar-refractivity contribution in [2.45, 2.75) is 18.9 Å². The van der Waals surface area contributed by atoms with Gasteiger partial charge < -0.3 is 26.0 Å². The van der Waals surface area contributed by atoms with Crippen molar-refractivity contribution in [3.8, 4) is 33.9 Å². The number of nitrogen functional groups attached to an aromatic ring is 1. The zero-order valence-corrected chi connectivity index (χ0v) is 15.3. The van der Waals surface area contributed by atoms with Gasteiger partial charge in [-0.1, -0.05) is 18.2 Å². The molecular weight excluding hydrogens is 356 g/mol. The highest BCUT2D eigenvalue weighted by molar-refractivity contribution is 5.77. The van der Waals surface area contributed by atoms with Gasteiger partial charge in [0.2, 0.25) is 5.95 Å². The molecule has 1 aromatic heterocycles. The van der Waals surface area contributed by atoms with E-state index < -0.39 is 0 Å². The minimum Gasteiger partial charge on any atom is -0.508 e. The Labute approximate surface area is 162 Å². The molecule has 0 saturated carbocycles. The van der Waals surface area contributed by atoms with Crippen LogP contribution in [0.5, 0.6) is 11.5 Å². The van der Waals surface area contributed by atoms with Crippen LogP contribution in [0.1, 0.15) is 12.8 Å². The number of nitrogens with zero attached hydrogens (tertiary/aromatic N) is 3. The number of hydrogen-bond acceptors (Lipinski definition) is 7. The second-order valence-electron chi connectivity index (χ2n) is 6.92. The number of aromatic hydroxyl groups is 2. The molecule has 7 heteroatoms. The largest absolute Gasteiger partial charge is 0.508 e. The number of anilines is 2. The zero-order chi connectivity index (χ0) is 19.7. The van der Waals surface area contributed by atoms with Crippen LogP contribution in [0.4, 0.5) is 11.8 Å². The third-order valence-electron chi connectivity index (χ3n) is 5.09. The lowest BCUT2D eigenvalue weighted by molar-refractivity contribution is 0.266. The Morgan fingerprint density at radius 3 is 2.50 bits per heavy atom. The molecule has 144 valence electrons. The molecule has 1 saturated heterocycles. The first kappa shape index (κ1) is 18.1. The number of nitrogens with two attached hydrogens (primary N) is 1. The molecule has 1 atom stereocenters. The SMILES string of the molecule is Nc1nc(-c2cc(-c3ccc(O)cc3)ccc2O)cc(N2CCC[C@H]2CO)n1. The highest BCUT2D eigenvalue weighted by Gasteiger charge is 2.26. The highest BCUT2D eigenvalue weighted by atomic mass is 16.3. The van der Waals surface area contributed by atoms with Crippen molar-refractivity contribution < 1.29 is 15.3 Å². The van der Waals surface area contributed by atoms with Gasteiger partial charge in [0.15, 0.2) is 0 Å².